The molecule has 0 saturated carbocycles. The first-order valence-electron chi connectivity index (χ1n) is 6.81. The minimum atomic E-state index is -1.15. The van der Waals surface area contributed by atoms with E-state index in [4.69, 9.17) is 10.2 Å². The molecule has 0 aromatic carbocycles. The fourth-order valence-corrected chi connectivity index (χ4v) is 1.47. The van der Waals surface area contributed by atoms with Crippen LogP contribution in [0.2, 0.25) is 0 Å². The third kappa shape index (κ3) is 11.1. The highest BCUT2D eigenvalue weighted by atomic mass is 16.5. The predicted octanol–water partition coefficient (Wildman–Crippen LogP) is -1.50. The second-order valence-corrected chi connectivity index (χ2v) is 4.76. The highest BCUT2D eigenvalue weighted by Crippen LogP contribution is 1.95. The molecule has 0 aliphatic carbocycles. The van der Waals surface area contributed by atoms with E-state index in [1.165, 1.54) is 9.80 Å². The van der Waals surface area contributed by atoms with Gasteiger partial charge in [-0.1, -0.05) is 0 Å². The van der Waals surface area contributed by atoms with Gasteiger partial charge in [0, 0.05) is 27.2 Å². The number of rotatable bonds is 12. The molecule has 0 atom stereocenters. The smallest absolute Gasteiger partial charge is 0.329 e. The van der Waals surface area contributed by atoms with Gasteiger partial charge in [0.2, 0.25) is 11.8 Å². The number of amides is 2. The zero-order chi connectivity index (χ0) is 17.8. The maximum atomic E-state index is 11.6. The van der Waals surface area contributed by atoms with Crippen molar-refractivity contribution in [3.05, 3.63) is 0 Å². The van der Waals surface area contributed by atoms with E-state index >= 15 is 0 Å². The molecule has 0 bridgehead atoms. The lowest BCUT2D eigenvalue weighted by Crippen LogP contribution is -2.36. The minimum Gasteiger partial charge on any atom is -0.480 e. The van der Waals surface area contributed by atoms with Crippen LogP contribution in [0.5, 0.6) is 0 Å². The summed E-state index contributed by atoms with van der Waals surface area (Å²) in [6, 6.07) is 0. The number of hydrogen-bond acceptors (Lipinski definition) is 6. The summed E-state index contributed by atoms with van der Waals surface area (Å²) < 4.78 is 9.37. The van der Waals surface area contributed by atoms with Crippen LogP contribution in [0.15, 0.2) is 0 Å². The summed E-state index contributed by atoms with van der Waals surface area (Å²) in [6.45, 7) is -0.979. The van der Waals surface area contributed by atoms with Crippen LogP contribution < -0.4 is 0 Å². The molecule has 0 unspecified atom stereocenters. The van der Waals surface area contributed by atoms with Crippen LogP contribution in [0.3, 0.4) is 0 Å². The molecule has 0 spiro atoms. The molecule has 0 aromatic heterocycles. The second-order valence-electron chi connectivity index (χ2n) is 4.76. The highest BCUT2D eigenvalue weighted by Gasteiger charge is 2.12. The third-order valence-corrected chi connectivity index (χ3v) is 2.74. The fraction of sp³-hybridized carbons (Fsp3) is 0.692. The number of carbonyl (C=O) groups excluding carboxylic acids is 2. The Kier molecular flexibility index (Phi) is 10.3. The van der Waals surface area contributed by atoms with Gasteiger partial charge in [0.25, 0.3) is 0 Å². The van der Waals surface area contributed by atoms with Crippen LogP contribution >= 0.6 is 0 Å². The van der Waals surface area contributed by atoms with Crippen LogP contribution in [-0.2, 0) is 28.7 Å². The van der Waals surface area contributed by atoms with Crippen molar-refractivity contribution in [2.24, 2.45) is 0 Å². The van der Waals surface area contributed by atoms with E-state index in [9.17, 15) is 19.2 Å². The molecule has 2 amide bonds. The molecule has 0 radical (unpaired) electrons. The normalized spacial score (nSPS) is 10.2. The van der Waals surface area contributed by atoms with Gasteiger partial charge in [0.1, 0.15) is 26.4 Å². The van der Waals surface area contributed by atoms with E-state index in [2.05, 4.69) is 9.47 Å². The van der Waals surface area contributed by atoms with E-state index in [1.54, 1.807) is 14.1 Å². The van der Waals surface area contributed by atoms with Gasteiger partial charge < -0.3 is 29.5 Å². The molecule has 10 nitrogen and oxygen atoms in total. The molecule has 2 N–H and O–H groups in total. The Bertz CT molecular complexity index is 388. The Hall–Kier alpha value is -2.20. The molecular weight excluding hydrogens is 312 g/mol. The molecule has 0 heterocycles. The highest BCUT2D eigenvalue weighted by molar-refractivity contribution is 5.78. The summed E-state index contributed by atoms with van der Waals surface area (Å²) in [7, 11) is 3.09. The number of ether oxygens (including phenoxy) is 2. The Morgan fingerprint density at radius 3 is 1.39 bits per heavy atom. The molecule has 0 fully saturated rings. The zero-order valence-corrected chi connectivity index (χ0v) is 13.2. The van der Waals surface area contributed by atoms with Gasteiger partial charge in [-0.05, 0) is 6.42 Å². The number of carboxylic acids is 2. The van der Waals surface area contributed by atoms with Gasteiger partial charge in [-0.25, -0.2) is 9.59 Å². The van der Waals surface area contributed by atoms with E-state index in [0.717, 1.165) is 0 Å². The monoisotopic (exact) mass is 334 g/mol. The Labute approximate surface area is 133 Å². The zero-order valence-electron chi connectivity index (χ0n) is 13.2. The van der Waals surface area contributed by atoms with Gasteiger partial charge in [-0.2, -0.15) is 0 Å². The topological polar surface area (TPSA) is 134 Å². The first-order chi connectivity index (χ1) is 10.7. The lowest BCUT2D eigenvalue weighted by Gasteiger charge is -2.20. The van der Waals surface area contributed by atoms with Crippen molar-refractivity contribution in [3.63, 3.8) is 0 Å². The van der Waals surface area contributed by atoms with Crippen molar-refractivity contribution in [2.75, 3.05) is 53.6 Å². The quantitative estimate of drug-likeness (QED) is 0.440. The lowest BCUT2D eigenvalue weighted by molar-refractivity contribution is -0.146. The Balaban J connectivity index is 3.85. The average molecular weight is 334 g/mol. The molecule has 0 aromatic rings. The standard InChI is InChI=1S/C13H22N2O8/c1-14(10(16)6-22-8-12(18)19)4-3-5-15(2)11(17)7-23-9-13(20)21/h3-9H2,1-2H3,(H,18,19)(H,20,21). The summed E-state index contributed by atoms with van der Waals surface area (Å²) in [5.41, 5.74) is 0. The maximum Gasteiger partial charge on any atom is 0.329 e. The van der Waals surface area contributed by atoms with Gasteiger partial charge in [0.05, 0.1) is 0 Å². The van der Waals surface area contributed by atoms with Crippen LogP contribution in [0, 0.1) is 0 Å². The summed E-state index contributed by atoms with van der Waals surface area (Å²) in [6.07, 6.45) is 0.502. The number of nitrogens with zero attached hydrogens (tertiary/aromatic N) is 2. The molecule has 0 rings (SSSR count). The Morgan fingerprint density at radius 2 is 1.09 bits per heavy atom. The van der Waals surface area contributed by atoms with Crippen molar-refractivity contribution in [1.82, 2.24) is 9.80 Å². The number of carbonyl (C=O) groups is 4. The summed E-state index contributed by atoms with van der Waals surface area (Å²) in [5.74, 6) is -3.01. The lowest BCUT2D eigenvalue weighted by atomic mass is 10.3. The summed E-state index contributed by atoms with van der Waals surface area (Å²) in [4.78, 5) is 46.4. The van der Waals surface area contributed by atoms with Crippen LogP contribution in [0.1, 0.15) is 6.42 Å². The molecule has 23 heavy (non-hydrogen) atoms. The van der Waals surface area contributed by atoms with Gasteiger partial charge in [0.15, 0.2) is 0 Å². The van der Waals surface area contributed by atoms with E-state index in [0.29, 0.717) is 19.5 Å². The van der Waals surface area contributed by atoms with Crippen LogP contribution in [-0.4, -0.2) is 97.4 Å². The molecule has 0 aliphatic heterocycles. The van der Waals surface area contributed by atoms with Gasteiger partial charge in [-0.15, -0.1) is 0 Å². The molecule has 132 valence electrons. The van der Waals surface area contributed by atoms with Gasteiger partial charge in [-0.3, -0.25) is 9.59 Å². The largest absolute Gasteiger partial charge is 0.480 e. The number of likely N-dealkylation sites (N-methyl/N-ethyl adjacent to an activating group) is 2. The molecule has 0 saturated heterocycles. The first kappa shape index (κ1) is 20.8. The fourth-order valence-electron chi connectivity index (χ4n) is 1.47. The first-order valence-corrected chi connectivity index (χ1v) is 6.81. The number of carboxylic acid groups (broad SMARTS) is 2. The van der Waals surface area contributed by atoms with Crippen LogP contribution in [0.4, 0.5) is 0 Å². The number of aliphatic carboxylic acids is 2. The summed E-state index contributed by atoms with van der Waals surface area (Å²) >= 11 is 0. The van der Waals surface area contributed by atoms with Crippen molar-refractivity contribution >= 4 is 23.8 Å². The minimum absolute atomic E-state index is 0.319. The second kappa shape index (κ2) is 11.4. The van der Waals surface area contributed by atoms with Crippen molar-refractivity contribution < 1.29 is 38.9 Å². The summed E-state index contributed by atoms with van der Waals surface area (Å²) in [5, 5.41) is 16.8. The van der Waals surface area contributed by atoms with Crippen LogP contribution in [0.25, 0.3) is 0 Å². The van der Waals surface area contributed by atoms with E-state index in [-0.39, 0.29) is 25.0 Å². The number of hydrogen-bond donors (Lipinski definition) is 2. The molecule has 10 heteroatoms. The van der Waals surface area contributed by atoms with E-state index in [1.807, 2.05) is 0 Å². The maximum absolute atomic E-state index is 11.6. The molecule has 0 aliphatic rings. The molecular formula is C13H22N2O8. The van der Waals surface area contributed by atoms with Gasteiger partial charge >= 0.3 is 11.9 Å². The van der Waals surface area contributed by atoms with Crippen molar-refractivity contribution in [3.8, 4) is 0 Å². The third-order valence-electron chi connectivity index (χ3n) is 2.74. The average Bonchev–Trinajstić information content (AvgIpc) is 2.45. The van der Waals surface area contributed by atoms with E-state index < -0.39 is 25.2 Å². The SMILES string of the molecule is CN(CCCN(C)C(=O)COCC(=O)O)C(=O)COCC(=O)O. The van der Waals surface area contributed by atoms with Crippen molar-refractivity contribution in [1.29, 1.82) is 0 Å². The predicted molar refractivity (Wildman–Crippen MR) is 76.8 cm³/mol. The Morgan fingerprint density at radius 1 is 0.739 bits per heavy atom. The van der Waals surface area contributed by atoms with Crippen molar-refractivity contribution in [2.45, 2.75) is 6.42 Å².